The van der Waals surface area contributed by atoms with E-state index in [0.29, 0.717) is 12.2 Å². The van der Waals surface area contributed by atoms with E-state index in [-0.39, 0.29) is 5.41 Å². The number of Topliss-reactive ketones (excluding diaryl/α,β-unsaturated/α-hetero) is 1. The fourth-order valence-corrected chi connectivity index (χ4v) is 0.866. The predicted molar refractivity (Wildman–Crippen MR) is 42.9 cm³/mol. The second-order valence-corrected chi connectivity index (χ2v) is 3.35. The third kappa shape index (κ3) is 2.48. The molecule has 0 unspecified atom stereocenters. The zero-order valence-electron chi connectivity index (χ0n) is 6.20. The maximum Gasteiger partial charge on any atom is 0.139 e. The van der Waals surface area contributed by atoms with Crippen LogP contribution in [0.15, 0.2) is 0 Å². The molecule has 0 heterocycles. The van der Waals surface area contributed by atoms with Crippen LogP contribution >= 0.6 is 15.9 Å². The van der Waals surface area contributed by atoms with Gasteiger partial charge in [0.2, 0.25) is 0 Å². The first-order valence-corrected chi connectivity index (χ1v) is 4.26. The van der Waals surface area contributed by atoms with E-state index < -0.39 is 0 Å². The molecule has 0 bridgehead atoms. The number of hydrogen-bond acceptors (Lipinski definition) is 1. The summed E-state index contributed by atoms with van der Waals surface area (Å²) >= 11 is 3.29. The Balaban J connectivity index is 3.97. The second kappa shape index (κ2) is 3.35. The van der Waals surface area contributed by atoms with E-state index in [1.165, 1.54) is 0 Å². The molecule has 0 radical (unpaired) electrons. The van der Waals surface area contributed by atoms with Gasteiger partial charge in [-0.05, 0) is 0 Å². The number of halogens is 1. The van der Waals surface area contributed by atoms with Crippen LogP contribution in [0.4, 0.5) is 0 Å². The number of hydrogen-bond donors (Lipinski definition) is 0. The van der Waals surface area contributed by atoms with Crippen molar-refractivity contribution in [2.24, 2.45) is 5.41 Å². The van der Waals surface area contributed by atoms with E-state index in [4.69, 9.17) is 0 Å². The van der Waals surface area contributed by atoms with Crippen molar-refractivity contribution in [2.45, 2.75) is 27.2 Å². The van der Waals surface area contributed by atoms with Crippen LogP contribution in [-0.4, -0.2) is 11.1 Å². The molecule has 0 aromatic heterocycles. The van der Waals surface area contributed by atoms with Gasteiger partial charge in [-0.15, -0.1) is 0 Å². The Hall–Kier alpha value is 0.150. The second-order valence-electron chi connectivity index (χ2n) is 2.79. The standard InChI is InChI=1S/C7H13BrO/c1-4-6(9)7(2,3)5-8/h4-5H2,1-3H3. The highest BCUT2D eigenvalue weighted by Gasteiger charge is 2.23. The van der Waals surface area contributed by atoms with Crippen molar-refractivity contribution >= 4 is 21.7 Å². The van der Waals surface area contributed by atoms with Gasteiger partial charge in [0.1, 0.15) is 5.78 Å². The van der Waals surface area contributed by atoms with Crippen molar-refractivity contribution in [1.29, 1.82) is 0 Å². The summed E-state index contributed by atoms with van der Waals surface area (Å²) in [5, 5.41) is 0.757. The third-order valence-corrected chi connectivity index (χ3v) is 2.81. The van der Waals surface area contributed by atoms with Gasteiger partial charge in [0.05, 0.1) is 0 Å². The predicted octanol–water partition coefficient (Wildman–Crippen LogP) is 2.39. The highest BCUT2D eigenvalue weighted by Crippen LogP contribution is 2.20. The molecule has 0 amide bonds. The summed E-state index contributed by atoms with van der Waals surface area (Å²) in [6.45, 7) is 5.80. The molecular formula is C7H13BrO. The lowest BCUT2D eigenvalue weighted by molar-refractivity contribution is -0.125. The lowest BCUT2D eigenvalue weighted by atomic mass is 9.89. The van der Waals surface area contributed by atoms with Crippen molar-refractivity contribution in [3.8, 4) is 0 Å². The van der Waals surface area contributed by atoms with Gasteiger partial charge in [0.15, 0.2) is 0 Å². The number of alkyl halides is 1. The van der Waals surface area contributed by atoms with E-state index in [0.717, 1.165) is 5.33 Å². The fraction of sp³-hybridized carbons (Fsp3) is 0.857. The summed E-state index contributed by atoms with van der Waals surface area (Å²) in [6.07, 6.45) is 0.637. The van der Waals surface area contributed by atoms with Crippen molar-refractivity contribution in [1.82, 2.24) is 0 Å². The molecule has 0 aromatic carbocycles. The van der Waals surface area contributed by atoms with Crippen LogP contribution in [0.1, 0.15) is 27.2 Å². The first-order chi connectivity index (χ1) is 4.04. The van der Waals surface area contributed by atoms with Gasteiger partial charge in [0, 0.05) is 17.2 Å². The zero-order chi connectivity index (χ0) is 7.49. The molecule has 0 aliphatic heterocycles. The lowest BCUT2D eigenvalue weighted by Crippen LogP contribution is -2.24. The minimum Gasteiger partial charge on any atom is -0.299 e. The Morgan fingerprint density at radius 2 is 2.00 bits per heavy atom. The topological polar surface area (TPSA) is 17.1 Å². The SMILES string of the molecule is CCC(=O)C(C)(C)CBr. The summed E-state index contributed by atoms with van der Waals surface area (Å²) in [5.74, 6) is 0.319. The Morgan fingerprint density at radius 1 is 1.56 bits per heavy atom. The molecule has 1 nitrogen and oxygen atoms in total. The Labute approximate surface area is 65.0 Å². The molecule has 0 saturated carbocycles. The van der Waals surface area contributed by atoms with E-state index in [1.54, 1.807) is 0 Å². The van der Waals surface area contributed by atoms with Crippen molar-refractivity contribution in [3.05, 3.63) is 0 Å². The number of carbonyl (C=O) groups excluding carboxylic acids is 1. The molecule has 0 rings (SSSR count). The molecule has 0 aliphatic carbocycles. The highest BCUT2D eigenvalue weighted by atomic mass is 79.9. The van der Waals surface area contributed by atoms with Gasteiger partial charge in [-0.25, -0.2) is 0 Å². The van der Waals surface area contributed by atoms with Crippen LogP contribution in [-0.2, 0) is 4.79 Å². The van der Waals surface area contributed by atoms with E-state index in [9.17, 15) is 4.79 Å². The highest BCUT2D eigenvalue weighted by molar-refractivity contribution is 9.09. The number of carbonyl (C=O) groups is 1. The van der Waals surface area contributed by atoms with Crippen LogP contribution in [0, 0.1) is 5.41 Å². The summed E-state index contributed by atoms with van der Waals surface area (Å²) < 4.78 is 0. The summed E-state index contributed by atoms with van der Waals surface area (Å²) in [6, 6.07) is 0. The molecule has 0 N–H and O–H groups in total. The average molecular weight is 193 g/mol. The molecular weight excluding hydrogens is 180 g/mol. The van der Waals surface area contributed by atoms with E-state index >= 15 is 0 Å². The largest absolute Gasteiger partial charge is 0.299 e. The van der Waals surface area contributed by atoms with Gasteiger partial charge >= 0.3 is 0 Å². The van der Waals surface area contributed by atoms with Crippen molar-refractivity contribution < 1.29 is 4.79 Å². The third-order valence-electron chi connectivity index (χ3n) is 1.41. The van der Waals surface area contributed by atoms with Crippen molar-refractivity contribution in [2.75, 3.05) is 5.33 Å². The van der Waals surface area contributed by atoms with Gasteiger partial charge in [-0.3, -0.25) is 4.79 Å². The van der Waals surface area contributed by atoms with Gasteiger partial charge < -0.3 is 0 Å². The maximum absolute atomic E-state index is 11.0. The maximum atomic E-state index is 11.0. The van der Waals surface area contributed by atoms with E-state index in [2.05, 4.69) is 15.9 Å². The quantitative estimate of drug-likeness (QED) is 0.629. The molecule has 0 aromatic rings. The molecule has 0 spiro atoms. The summed E-state index contributed by atoms with van der Waals surface area (Å²) in [4.78, 5) is 11.0. The monoisotopic (exact) mass is 192 g/mol. The van der Waals surface area contributed by atoms with Crippen molar-refractivity contribution in [3.63, 3.8) is 0 Å². The van der Waals surface area contributed by atoms with E-state index in [1.807, 2.05) is 20.8 Å². The average Bonchev–Trinajstić information content (AvgIpc) is 1.86. The lowest BCUT2D eigenvalue weighted by Gasteiger charge is -2.17. The fourth-order valence-electron chi connectivity index (χ4n) is 0.553. The molecule has 2 heteroatoms. The summed E-state index contributed by atoms with van der Waals surface area (Å²) in [7, 11) is 0. The molecule has 54 valence electrons. The Bertz CT molecular complexity index is 107. The first kappa shape index (κ1) is 9.15. The molecule has 0 aliphatic rings. The van der Waals surface area contributed by atoms with Crippen LogP contribution < -0.4 is 0 Å². The summed E-state index contributed by atoms with van der Waals surface area (Å²) in [5.41, 5.74) is -0.172. The number of rotatable bonds is 3. The minimum absolute atomic E-state index is 0.172. The van der Waals surface area contributed by atoms with Gasteiger partial charge in [0.25, 0.3) is 0 Å². The Morgan fingerprint density at radius 3 is 2.11 bits per heavy atom. The normalized spacial score (nSPS) is 11.6. The molecule has 9 heavy (non-hydrogen) atoms. The number of ketones is 1. The van der Waals surface area contributed by atoms with Gasteiger partial charge in [-0.2, -0.15) is 0 Å². The smallest absolute Gasteiger partial charge is 0.139 e. The first-order valence-electron chi connectivity index (χ1n) is 3.14. The van der Waals surface area contributed by atoms with Crippen LogP contribution in [0.2, 0.25) is 0 Å². The van der Waals surface area contributed by atoms with Gasteiger partial charge in [-0.1, -0.05) is 36.7 Å². The zero-order valence-corrected chi connectivity index (χ0v) is 7.79. The molecule has 0 atom stereocenters. The van der Waals surface area contributed by atoms with Crippen LogP contribution in [0.5, 0.6) is 0 Å². The Kier molecular flexibility index (Phi) is 3.41. The minimum atomic E-state index is -0.172. The molecule has 0 saturated heterocycles. The molecule has 0 fully saturated rings. The van der Waals surface area contributed by atoms with Crippen LogP contribution in [0.25, 0.3) is 0 Å². The van der Waals surface area contributed by atoms with Crippen LogP contribution in [0.3, 0.4) is 0 Å².